The van der Waals surface area contributed by atoms with E-state index in [9.17, 15) is 4.79 Å². The third-order valence-electron chi connectivity index (χ3n) is 1.80. The second-order valence-electron chi connectivity index (χ2n) is 4.41. The van der Waals surface area contributed by atoms with Gasteiger partial charge in [-0.3, -0.25) is 0 Å². The van der Waals surface area contributed by atoms with Gasteiger partial charge in [0, 0.05) is 9.97 Å². The summed E-state index contributed by atoms with van der Waals surface area (Å²) in [6, 6.07) is 0.330. The van der Waals surface area contributed by atoms with Crippen LogP contribution in [0.2, 0.25) is 0 Å². The Kier molecular flexibility index (Phi) is 3.43. The minimum atomic E-state index is -0.391. The van der Waals surface area contributed by atoms with E-state index in [1.807, 2.05) is 20.8 Å². The van der Waals surface area contributed by atoms with Crippen LogP contribution in [0.4, 0.5) is 4.79 Å². The number of ether oxygens (including phenoxy) is 1. The Hall–Kier alpha value is 0. The van der Waals surface area contributed by atoms with E-state index >= 15 is 0 Å². The molecule has 0 radical (unpaired) electrons. The zero-order chi connectivity index (χ0) is 10.1. The monoisotopic (exact) mass is 297 g/mol. The number of nitrogens with one attached hydrogen (secondary N) is 1. The van der Waals surface area contributed by atoms with Crippen LogP contribution in [0.3, 0.4) is 0 Å². The molecule has 1 fully saturated rings. The average molecular weight is 297 g/mol. The summed E-state index contributed by atoms with van der Waals surface area (Å²) in [5.74, 6) is 0. The molecular weight excluding hydrogens is 281 g/mol. The first-order valence-electron chi connectivity index (χ1n) is 4.50. The molecular formula is C9H16INO2. The van der Waals surface area contributed by atoms with E-state index in [1.54, 1.807) is 0 Å². The maximum Gasteiger partial charge on any atom is 0.407 e. The number of amides is 1. The molecule has 0 aromatic carbocycles. The van der Waals surface area contributed by atoms with Crippen molar-refractivity contribution < 1.29 is 9.53 Å². The molecule has 1 aliphatic rings. The highest BCUT2D eigenvalue weighted by atomic mass is 127. The molecule has 1 N–H and O–H groups in total. The lowest BCUT2D eigenvalue weighted by Crippen LogP contribution is -2.46. The van der Waals surface area contributed by atoms with Crippen LogP contribution in [0.5, 0.6) is 0 Å². The van der Waals surface area contributed by atoms with E-state index < -0.39 is 5.60 Å². The summed E-state index contributed by atoms with van der Waals surface area (Å²) in [5.41, 5.74) is -0.391. The fourth-order valence-corrected chi connectivity index (χ4v) is 2.37. The molecule has 0 aromatic heterocycles. The first kappa shape index (κ1) is 11.1. The predicted molar refractivity (Wildman–Crippen MR) is 60.2 cm³/mol. The van der Waals surface area contributed by atoms with Crippen LogP contribution < -0.4 is 5.32 Å². The van der Waals surface area contributed by atoms with Crippen LogP contribution in [0.25, 0.3) is 0 Å². The third kappa shape index (κ3) is 4.15. The Balaban J connectivity index is 2.19. The summed E-state index contributed by atoms with van der Waals surface area (Å²) in [6.07, 6.45) is 1.85. The number of alkyl halides is 1. The zero-order valence-electron chi connectivity index (χ0n) is 8.26. The van der Waals surface area contributed by atoms with Crippen molar-refractivity contribution in [2.45, 2.75) is 49.2 Å². The quantitative estimate of drug-likeness (QED) is 0.596. The highest BCUT2D eigenvalue weighted by Crippen LogP contribution is 2.27. The van der Waals surface area contributed by atoms with Crippen molar-refractivity contribution in [2.24, 2.45) is 0 Å². The molecule has 0 aromatic rings. The Labute approximate surface area is 92.7 Å². The van der Waals surface area contributed by atoms with Gasteiger partial charge in [0.15, 0.2) is 0 Å². The summed E-state index contributed by atoms with van der Waals surface area (Å²) in [7, 11) is 0. The van der Waals surface area contributed by atoms with Crippen molar-refractivity contribution in [3.05, 3.63) is 0 Å². The molecule has 3 nitrogen and oxygen atoms in total. The van der Waals surface area contributed by atoms with Gasteiger partial charge in [0.2, 0.25) is 0 Å². The fraction of sp³-hybridized carbons (Fsp3) is 0.889. The minimum Gasteiger partial charge on any atom is -0.444 e. The molecule has 1 saturated carbocycles. The second kappa shape index (κ2) is 4.02. The fourth-order valence-electron chi connectivity index (χ4n) is 1.14. The highest BCUT2D eigenvalue weighted by molar-refractivity contribution is 14.1. The second-order valence-corrected chi connectivity index (χ2v) is 6.17. The smallest absolute Gasteiger partial charge is 0.407 e. The van der Waals surface area contributed by atoms with Crippen molar-refractivity contribution in [3.63, 3.8) is 0 Å². The number of halogens is 1. The first-order chi connectivity index (χ1) is 5.87. The molecule has 1 amide bonds. The molecule has 0 bridgehead atoms. The van der Waals surface area contributed by atoms with Gasteiger partial charge in [-0.1, -0.05) is 22.6 Å². The van der Waals surface area contributed by atoms with E-state index in [1.165, 1.54) is 0 Å². The number of rotatable bonds is 1. The maximum absolute atomic E-state index is 11.2. The summed E-state index contributed by atoms with van der Waals surface area (Å²) in [4.78, 5) is 11.2. The normalized spacial score (nSPS) is 27.7. The number of alkyl carbamates (subject to hydrolysis) is 1. The van der Waals surface area contributed by atoms with E-state index in [0.717, 1.165) is 16.8 Å². The topological polar surface area (TPSA) is 38.3 Å². The number of hydrogen-bond donors (Lipinski definition) is 1. The van der Waals surface area contributed by atoms with Crippen molar-refractivity contribution in [2.75, 3.05) is 0 Å². The molecule has 0 heterocycles. The molecule has 0 unspecified atom stereocenters. The third-order valence-corrected chi connectivity index (χ3v) is 2.82. The van der Waals surface area contributed by atoms with Crippen molar-refractivity contribution in [3.8, 4) is 0 Å². The molecule has 76 valence electrons. The number of hydrogen-bond acceptors (Lipinski definition) is 2. The maximum atomic E-state index is 11.2. The van der Waals surface area contributed by atoms with Crippen LogP contribution in [-0.4, -0.2) is 21.7 Å². The molecule has 0 spiro atoms. The molecule has 0 atom stereocenters. The molecule has 13 heavy (non-hydrogen) atoms. The molecule has 1 rings (SSSR count). The van der Waals surface area contributed by atoms with E-state index in [-0.39, 0.29) is 6.09 Å². The standard InChI is InChI=1S/C9H16INO2/c1-9(2,3)13-8(12)11-7-4-6(10)5-7/h6-7H,4-5H2,1-3H3,(H,11,12)/t6-,7-. The minimum absolute atomic E-state index is 0.291. The SMILES string of the molecule is CC(C)(C)OC(=O)N[C@H]1C[C@H](I)C1. The van der Waals surface area contributed by atoms with Crippen molar-refractivity contribution in [1.29, 1.82) is 0 Å². The van der Waals surface area contributed by atoms with Gasteiger partial charge in [0.05, 0.1) is 0 Å². The molecule has 4 heteroatoms. The van der Waals surface area contributed by atoms with Gasteiger partial charge in [-0.25, -0.2) is 4.79 Å². The Bertz CT molecular complexity index is 194. The lowest BCUT2D eigenvalue weighted by Gasteiger charge is -2.32. The number of carbonyl (C=O) groups excluding carboxylic acids is 1. The van der Waals surface area contributed by atoms with Crippen LogP contribution in [0.15, 0.2) is 0 Å². The Morgan fingerprint density at radius 2 is 2.00 bits per heavy atom. The first-order valence-corrected chi connectivity index (χ1v) is 5.75. The van der Waals surface area contributed by atoms with Gasteiger partial charge >= 0.3 is 6.09 Å². The summed E-state index contributed by atoms with van der Waals surface area (Å²) < 4.78 is 5.85. The van der Waals surface area contributed by atoms with Crippen molar-refractivity contribution >= 4 is 28.7 Å². The van der Waals surface area contributed by atoms with Gasteiger partial charge in [-0.15, -0.1) is 0 Å². The predicted octanol–water partition coefficient (Wildman–Crippen LogP) is 2.48. The van der Waals surface area contributed by atoms with Crippen LogP contribution in [-0.2, 0) is 4.74 Å². The average Bonchev–Trinajstić information content (AvgIpc) is 1.79. The van der Waals surface area contributed by atoms with Crippen LogP contribution >= 0.6 is 22.6 Å². The molecule has 0 aliphatic heterocycles. The van der Waals surface area contributed by atoms with Gasteiger partial charge in [-0.2, -0.15) is 0 Å². The largest absolute Gasteiger partial charge is 0.444 e. The van der Waals surface area contributed by atoms with Gasteiger partial charge in [0.25, 0.3) is 0 Å². The van der Waals surface area contributed by atoms with Gasteiger partial charge in [-0.05, 0) is 33.6 Å². The van der Waals surface area contributed by atoms with E-state index in [4.69, 9.17) is 4.74 Å². The lowest BCUT2D eigenvalue weighted by atomic mass is 9.93. The van der Waals surface area contributed by atoms with Gasteiger partial charge in [0.1, 0.15) is 5.60 Å². The Morgan fingerprint density at radius 3 is 2.38 bits per heavy atom. The summed E-state index contributed by atoms with van der Waals surface area (Å²) in [6.45, 7) is 5.61. The van der Waals surface area contributed by atoms with Crippen molar-refractivity contribution in [1.82, 2.24) is 5.32 Å². The summed E-state index contributed by atoms with van der Waals surface area (Å²) >= 11 is 2.39. The molecule has 0 saturated heterocycles. The van der Waals surface area contributed by atoms with Crippen LogP contribution in [0.1, 0.15) is 33.6 Å². The van der Waals surface area contributed by atoms with E-state index in [2.05, 4.69) is 27.9 Å². The van der Waals surface area contributed by atoms with Gasteiger partial charge < -0.3 is 10.1 Å². The Morgan fingerprint density at radius 1 is 1.46 bits per heavy atom. The molecule has 1 aliphatic carbocycles. The number of carbonyl (C=O) groups is 1. The van der Waals surface area contributed by atoms with Crippen LogP contribution in [0, 0.1) is 0 Å². The zero-order valence-corrected chi connectivity index (χ0v) is 10.4. The highest BCUT2D eigenvalue weighted by Gasteiger charge is 2.29. The lowest BCUT2D eigenvalue weighted by molar-refractivity contribution is 0.0484. The summed E-state index contributed by atoms with van der Waals surface area (Å²) in [5, 5.41) is 2.84. The van der Waals surface area contributed by atoms with E-state index in [0.29, 0.717) is 6.04 Å².